The quantitative estimate of drug-likeness (QED) is 0.690. The number of hydrogen-bond donors (Lipinski definition) is 0. The third-order valence-corrected chi connectivity index (χ3v) is 5.57. The van der Waals surface area contributed by atoms with Gasteiger partial charge in [-0.1, -0.05) is 11.6 Å². The minimum Gasteiger partial charge on any atom is -0.410 e. The van der Waals surface area contributed by atoms with Gasteiger partial charge < -0.3 is 19.4 Å². The van der Waals surface area contributed by atoms with Gasteiger partial charge in [-0.05, 0) is 70.0 Å². The van der Waals surface area contributed by atoms with Crippen LogP contribution in [0.15, 0.2) is 24.3 Å². The normalized spacial score (nSPS) is 19.4. The molecule has 1 fully saturated rings. The summed E-state index contributed by atoms with van der Waals surface area (Å²) in [6.07, 6.45) is 3.31. The molecule has 0 heterocycles. The number of ether oxygens (including phenoxy) is 1. The molecule has 0 saturated heterocycles. The fourth-order valence-corrected chi connectivity index (χ4v) is 3.63. The van der Waals surface area contributed by atoms with Gasteiger partial charge >= 0.3 is 6.09 Å². The number of hydrogen-bond acceptors (Lipinski definition) is 4. The van der Waals surface area contributed by atoms with E-state index in [2.05, 4.69) is 4.90 Å². The number of likely N-dealkylation sites (N-methyl/N-ethyl adjacent to an activating group) is 2. The molecule has 1 aliphatic rings. The van der Waals surface area contributed by atoms with Crippen molar-refractivity contribution in [1.29, 1.82) is 0 Å². The van der Waals surface area contributed by atoms with Gasteiger partial charge in [-0.15, -0.1) is 0 Å². The molecular formula is C21H32ClN3O3. The molecule has 0 spiro atoms. The van der Waals surface area contributed by atoms with Crippen LogP contribution in [0.1, 0.15) is 25.7 Å². The molecule has 1 aromatic rings. The van der Waals surface area contributed by atoms with Crippen LogP contribution in [0.5, 0.6) is 5.75 Å². The first-order valence-electron chi connectivity index (χ1n) is 9.84. The average molecular weight is 410 g/mol. The van der Waals surface area contributed by atoms with Crippen LogP contribution in [-0.4, -0.2) is 74.5 Å². The Morgan fingerprint density at radius 3 is 2.14 bits per heavy atom. The molecule has 6 nitrogen and oxygen atoms in total. The highest BCUT2D eigenvalue weighted by Crippen LogP contribution is 2.30. The molecule has 1 saturated carbocycles. The fraction of sp³-hybridized carbons (Fsp3) is 0.619. The lowest BCUT2D eigenvalue weighted by molar-refractivity contribution is -0.135. The van der Waals surface area contributed by atoms with Crippen LogP contribution in [0.2, 0.25) is 5.02 Å². The topological polar surface area (TPSA) is 53.1 Å². The summed E-state index contributed by atoms with van der Waals surface area (Å²) in [7, 11) is 7.67. The molecule has 2 amide bonds. The maximum absolute atomic E-state index is 12.6. The monoisotopic (exact) mass is 409 g/mol. The van der Waals surface area contributed by atoms with Crippen LogP contribution in [0, 0.1) is 11.8 Å². The lowest BCUT2D eigenvalue weighted by Gasteiger charge is -2.32. The second-order valence-electron chi connectivity index (χ2n) is 7.98. The minimum atomic E-state index is -0.371. The largest absolute Gasteiger partial charge is 0.414 e. The number of amides is 2. The van der Waals surface area contributed by atoms with Gasteiger partial charge in [0.1, 0.15) is 5.75 Å². The number of rotatable bonds is 7. The standard InChI is InChI=1S/C21H32ClN3O3/c1-23(2)13-14-24(3)20(26)17-7-5-16(6-8-17)15-25(4)21(27)28-19-11-9-18(22)10-12-19/h9-12,16-17H,5-8,13-15H2,1-4H3. The van der Waals surface area contributed by atoms with Crippen molar-refractivity contribution in [3.63, 3.8) is 0 Å². The number of benzene rings is 1. The molecular weight excluding hydrogens is 378 g/mol. The van der Waals surface area contributed by atoms with Crippen LogP contribution in [0.25, 0.3) is 0 Å². The molecule has 1 aliphatic carbocycles. The summed E-state index contributed by atoms with van der Waals surface area (Å²) in [6, 6.07) is 6.74. The van der Waals surface area contributed by atoms with E-state index in [9.17, 15) is 9.59 Å². The van der Waals surface area contributed by atoms with Crippen LogP contribution in [0.3, 0.4) is 0 Å². The number of carbonyl (C=O) groups excluding carboxylic acids is 2. The van der Waals surface area contributed by atoms with Crippen molar-refractivity contribution in [2.45, 2.75) is 25.7 Å². The van der Waals surface area contributed by atoms with Crippen LogP contribution in [0.4, 0.5) is 4.79 Å². The van der Waals surface area contributed by atoms with Crippen molar-refractivity contribution >= 4 is 23.6 Å². The fourth-order valence-electron chi connectivity index (χ4n) is 3.51. The lowest BCUT2D eigenvalue weighted by Crippen LogP contribution is -2.40. The summed E-state index contributed by atoms with van der Waals surface area (Å²) in [6.45, 7) is 2.27. The summed E-state index contributed by atoms with van der Waals surface area (Å²) < 4.78 is 5.37. The number of carbonyl (C=O) groups is 2. The van der Waals surface area contributed by atoms with Gasteiger partial charge in [0.2, 0.25) is 5.91 Å². The zero-order valence-corrected chi connectivity index (χ0v) is 18.1. The molecule has 0 N–H and O–H groups in total. The van der Waals surface area contributed by atoms with Crippen molar-refractivity contribution in [2.75, 3.05) is 47.8 Å². The maximum atomic E-state index is 12.6. The van der Waals surface area contributed by atoms with Crippen molar-refractivity contribution < 1.29 is 14.3 Å². The van der Waals surface area contributed by atoms with Crippen molar-refractivity contribution in [2.24, 2.45) is 11.8 Å². The van der Waals surface area contributed by atoms with E-state index in [1.807, 2.05) is 26.0 Å². The Kier molecular flexibility index (Phi) is 8.58. The molecule has 156 valence electrons. The predicted molar refractivity (Wildman–Crippen MR) is 112 cm³/mol. The van der Waals surface area contributed by atoms with E-state index in [0.29, 0.717) is 23.2 Å². The first kappa shape index (κ1) is 22.5. The van der Waals surface area contributed by atoms with Crippen LogP contribution >= 0.6 is 11.6 Å². The Hall–Kier alpha value is -1.79. The Bertz CT molecular complexity index is 643. The third-order valence-electron chi connectivity index (χ3n) is 5.32. The van der Waals surface area contributed by atoms with E-state index in [1.165, 1.54) is 0 Å². The second-order valence-corrected chi connectivity index (χ2v) is 8.42. The summed E-state index contributed by atoms with van der Waals surface area (Å²) in [4.78, 5) is 30.4. The van der Waals surface area contributed by atoms with Crippen molar-refractivity contribution in [3.05, 3.63) is 29.3 Å². The van der Waals surface area contributed by atoms with E-state index in [-0.39, 0.29) is 17.9 Å². The molecule has 0 atom stereocenters. The second kappa shape index (κ2) is 10.7. The van der Waals surface area contributed by atoms with E-state index in [4.69, 9.17) is 16.3 Å². The Labute approximate surface area is 173 Å². The minimum absolute atomic E-state index is 0.106. The Balaban J connectivity index is 1.74. The first-order valence-corrected chi connectivity index (χ1v) is 10.2. The first-order chi connectivity index (χ1) is 13.3. The molecule has 0 bridgehead atoms. The Morgan fingerprint density at radius 2 is 1.57 bits per heavy atom. The van der Waals surface area contributed by atoms with E-state index < -0.39 is 0 Å². The average Bonchev–Trinajstić information content (AvgIpc) is 2.67. The third kappa shape index (κ3) is 6.99. The van der Waals surface area contributed by atoms with Gasteiger partial charge in [0.05, 0.1) is 0 Å². The van der Waals surface area contributed by atoms with E-state index >= 15 is 0 Å². The highest BCUT2D eigenvalue weighted by atomic mass is 35.5. The van der Waals surface area contributed by atoms with Gasteiger partial charge in [-0.25, -0.2) is 4.79 Å². The lowest BCUT2D eigenvalue weighted by atomic mass is 9.81. The van der Waals surface area contributed by atoms with Gasteiger partial charge in [-0.3, -0.25) is 4.79 Å². The highest BCUT2D eigenvalue weighted by molar-refractivity contribution is 6.30. The zero-order chi connectivity index (χ0) is 20.7. The maximum Gasteiger partial charge on any atom is 0.414 e. The summed E-state index contributed by atoms with van der Waals surface area (Å²) in [5, 5.41) is 0.604. The van der Waals surface area contributed by atoms with Gasteiger partial charge in [0, 0.05) is 44.7 Å². The van der Waals surface area contributed by atoms with Crippen LogP contribution in [-0.2, 0) is 4.79 Å². The molecule has 28 heavy (non-hydrogen) atoms. The van der Waals surface area contributed by atoms with Crippen molar-refractivity contribution in [1.82, 2.24) is 14.7 Å². The molecule has 0 aromatic heterocycles. The van der Waals surface area contributed by atoms with E-state index in [1.54, 1.807) is 36.2 Å². The van der Waals surface area contributed by atoms with Crippen LogP contribution < -0.4 is 4.74 Å². The summed E-state index contributed by atoms with van der Waals surface area (Å²) in [5.41, 5.74) is 0. The molecule has 0 aliphatic heterocycles. The summed E-state index contributed by atoms with van der Waals surface area (Å²) in [5.74, 6) is 1.24. The van der Waals surface area contributed by atoms with Crippen molar-refractivity contribution in [3.8, 4) is 5.75 Å². The molecule has 2 rings (SSSR count). The molecule has 1 aromatic carbocycles. The molecule has 0 radical (unpaired) electrons. The number of halogens is 1. The molecule has 0 unspecified atom stereocenters. The SMILES string of the molecule is CN(C)CCN(C)C(=O)C1CCC(CN(C)C(=O)Oc2ccc(Cl)cc2)CC1. The van der Waals surface area contributed by atoms with E-state index in [0.717, 1.165) is 38.8 Å². The zero-order valence-electron chi connectivity index (χ0n) is 17.4. The smallest absolute Gasteiger partial charge is 0.410 e. The number of nitrogens with zero attached hydrogens (tertiary/aromatic N) is 3. The van der Waals surface area contributed by atoms with Gasteiger partial charge in [0.15, 0.2) is 0 Å². The predicted octanol–water partition coefficient (Wildman–Crippen LogP) is 3.60. The highest BCUT2D eigenvalue weighted by Gasteiger charge is 2.29. The van der Waals surface area contributed by atoms with Gasteiger partial charge in [-0.2, -0.15) is 0 Å². The Morgan fingerprint density at radius 1 is 0.964 bits per heavy atom. The summed E-state index contributed by atoms with van der Waals surface area (Å²) >= 11 is 5.84. The molecule has 7 heteroatoms. The van der Waals surface area contributed by atoms with Gasteiger partial charge in [0.25, 0.3) is 0 Å².